The zero-order chi connectivity index (χ0) is 17.8. The Labute approximate surface area is 137 Å². The summed E-state index contributed by atoms with van der Waals surface area (Å²) in [4.78, 5) is 29.7. The molecule has 0 saturated carbocycles. The molecule has 134 valence electrons. The standard InChI is InChI=1S/C10H12O2.C3H9N.2CH2O2.H3N/c1-2-6-10(11)12-9-7-4-3-5-8-9;1-4(2)3;2*2-1-3;/h3-5,7-8H,2,6H2,1H3;1-3H3;2*1H,(H,2,3);1H3. The third-order valence-electron chi connectivity index (χ3n) is 1.43. The van der Waals surface area contributed by atoms with Crippen molar-refractivity contribution >= 4 is 18.9 Å². The maximum absolute atomic E-state index is 11.0. The minimum atomic E-state index is -0.250. The molecule has 0 amide bonds. The summed E-state index contributed by atoms with van der Waals surface area (Å²) in [5, 5.41) is 13.8. The average molecular weight is 332 g/mol. The Morgan fingerprint density at radius 2 is 1.43 bits per heavy atom. The van der Waals surface area contributed by atoms with Crippen molar-refractivity contribution in [2.75, 3.05) is 21.1 Å². The Hall–Kier alpha value is -2.45. The van der Waals surface area contributed by atoms with Gasteiger partial charge in [0.05, 0.1) is 0 Å². The van der Waals surface area contributed by atoms with Gasteiger partial charge in [-0.1, -0.05) is 25.1 Å². The van der Waals surface area contributed by atoms with Crippen molar-refractivity contribution in [1.29, 1.82) is 0 Å². The quantitative estimate of drug-likeness (QED) is 0.434. The van der Waals surface area contributed by atoms with Crippen molar-refractivity contribution < 1.29 is 29.3 Å². The van der Waals surface area contributed by atoms with Crippen LogP contribution in [-0.2, 0) is 14.4 Å². The largest absolute Gasteiger partial charge is 0.483 e. The number of benzene rings is 1. The van der Waals surface area contributed by atoms with Gasteiger partial charge < -0.3 is 26.0 Å². The minimum absolute atomic E-state index is 0. The van der Waals surface area contributed by atoms with Gasteiger partial charge in [0, 0.05) is 6.42 Å². The van der Waals surface area contributed by atoms with Gasteiger partial charge in [-0.25, -0.2) is 0 Å². The summed E-state index contributed by atoms with van der Waals surface area (Å²) >= 11 is 0. The first kappa shape index (κ1) is 28.7. The molecule has 1 aromatic carbocycles. The predicted octanol–water partition coefficient (Wildman–Crippen LogP) is 2.13. The fourth-order valence-electron chi connectivity index (χ4n) is 0.875. The molecule has 0 aliphatic rings. The van der Waals surface area contributed by atoms with E-state index in [1.165, 1.54) is 0 Å². The van der Waals surface area contributed by atoms with Crippen LogP contribution in [0.1, 0.15) is 19.8 Å². The fraction of sp³-hybridized carbons (Fsp3) is 0.400. The van der Waals surface area contributed by atoms with Crippen molar-refractivity contribution in [1.82, 2.24) is 11.1 Å². The Balaban J connectivity index is -0.000000138. The van der Waals surface area contributed by atoms with E-state index in [2.05, 4.69) is 0 Å². The minimum Gasteiger partial charge on any atom is -0.483 e. The summed E-state index contributed by atoms with van der Waals surface area (Å²) in [5.41, 5.74) is 0. The van der Waals surface area contributed by atoms with E-state index in [9.17, 15) is 4.79 Å². The van der Waals surface area contributed by atoms with Crippen molar-refractivity contribution in [3.05, 3.63) is 30.3 Å². The molecular weight excluding hydrogens is 304 g/mol. The van der Waals surface area contributed by atoms with Crippen LogP contribution in [-0.4, -0.2) is 55.2 Å². The van der Waals surface area contributed by atoms with Crippen LogP contribution in [0.3, 0.4) is 0 Å². The van der Waals surface area contributed by atoms with Crippen LogP contribution in [0.2, 0.25) is 0 Å². The second kappa shape index (κ2) is 24.6. The zero-order valence-corrected chi connectivity index (χ0v) is 14.1. The molecule has 8 heteroatoms. The van der Waals surface area contributed by atoms with E-state index in [0.29, 0.717) is 12.2 Å². The highest BCUT2D eigenvalue weighted by molar-refractivity contribution is 5.72. The van der Waals surface area contributed by atoms with E-state index in [1.807, 2.05) is 51.2 Å². The van der Waals surface area contributed by atoms with E-state index in [4.69, 9.17) is 24.5 Å². The van der Waals surface area contributed by atoms with Gasteiger partial charge in [0.25, 0.3) is 12.9 Å². The highest BCUT2D eigenvalue weighted by Gasteiger charge is 2.00. The molecule has 0 radical (unpaired) electrons. The van der Waals surface area contributed by atoms with E-state index in [-0.39, 0.29) is 25.1 Å². The predicted molar refractivity (Wildman–Crippen MR) is 89.0 cm³/mol. The van der Waals surface area contributed by atoms with E-state index in [0.717, 1.165) is 6.42 Å². The summed E-state index contributed by atoms with van der Waals surface area (Å²) < 4.78 is 5.02. The molecule has 0 aliphatic carbocycles. The lowest BCUT2D eigenvalue weighted by atomic mass is 10.3. The highest BCUT2D eigenvalue weighted by atomic mass is 16.5. The van der Waals surface area contributed by atoms with Gasteiger partial charge in [0.15, 0.2) is 0 Å². The molecule has 8 nitrogen and oxygen atoms in total. The van der Waals surface area contributed by atoms with Crippen LogP contribution in [0.15, 0.2) is 30.3 Å². The number of ether oxygens (including phenoxy) is 1. The highest BCUT2D eigenvalue weighted by Crippen LogP contribution is 2.09. The van der Waals surface area contributed by atoms with Crippen molar-refractivity contribution in [2.24, 2.45) is 0 Å². The van der Waals surface area contributed by atoms with Crippen molar-refractivity contribution in [3.8, 4) is 5.75 Å². The Morgan fingerprint density at radius 3 is 1.74 bits per heavy atom. The Morgan fingerprint density at radius 1 is 1.09 bits per heavy atom. The summed E-state index contributed by atoms with van der Waals surface area (Å²) in [7, 11) is 6.00. The van der Waals surface area contributed by atoms with Crippen LogP contribution < -0.4 is 10.9 Å². The molecule has 1 aromatic rings. The van der Waals surface area contributed by atoms with Crippen molar-refractivity contribution in [3.63, 3.8) is 0 Å². The third kappa shape index (κ3) is 38.2. The Kier molecular flexibility index (Phi) is 30.6. The van der Waals surface area contributed by atoms with Gasteiger partial charge in [-0.2, -0.15) is 0 Å². The molecule has 0 saturated heterocycles. The smallest absolute Gasteiger partial charge is 0.311 e. The van der Waals surface area contributed by atoms with Crippen molar-refractivity contribution in [2.45, 2.75) is 19.8 Å². The number of para-hydroxylation sites is 1. The van der Waals surface area contributed by atoms with Gasteiger partial charge in [-0.3, -0.25) is 14.4 Å². The number of nitrogens with zero attached hydrogens (tertiary/aromatic N) is 1. The molecule has 0 aliphatic heterocycles. The van der Waals surface area contributed by atoms with E-state index in [1.54, 1.807) is 12.1 Å². The van der Waals surface area contributed by atoms with Gasteiger partial charge in [0.2, 0.25) is 0 Å². The number of carbonyl (C=O) groups is 3. The Bertz CT molecular complexity index is 363. The van der Waals surface area contributed by atoms with E-state index >= 15 is 0 Å². The molecule has 0 heterocycles. The first-order chi connectivity index (χ1) is 10.4. The lowest BCUT2D eigenvalue weighted by Crippen LogP contribution is -2.06. The SMILES string of the molecule is CCCC(=O)Oc1ccccc1.CN(C)C.N.O=CO.O=CO. The first-order valence-electron chi connectivity index (χ1n) is 6.41. The normalized spacial score (nSPS) is 7.52. The van der Waals surface area contributed by atoms with Crippen LogP contribution in [0.25, 0.3) is 0 Å². The molecule has 0 atom stereocenters. The number of carbonyl (C=O) groups excluding carboxylic acids is 1. The van der Waals surface area contributed by atoms with E-state index < -0.39 is 0 Å². The lowest BCUT2D eigenvalue weighted by molar-refractivity contribution is -0.134. The molecular formula is C15H28N2O6. The summed E-state index contributed by atoms with van der Waals surface area (Å²) in [6, 6.07) is 9.11. The van der Waals surface area contributed by atoms with Crippen LogP contribution in [0, 0.1) is 0 Å². The molecule has 23 heavy (non-hydrogen) atoms. The fourth-order valence-corrected chi connectivity index (χ4v) is 0.875. The summed E-state index contributed by atoms with van der Waals surface area (Å²) in [5.74, 6) is 0.458. The molecule has 0 aromatic heterocycles. The molecule has 5 N–H and O–H groups in total. The second-order valence-corrected chi connectivity index (χ2v) is 4.09. The number of hydrogen-bond donors (Lipinski definition) is 3. The lowest BCUT2D eigenvalue weighted by Gasteiger charge is -2.01. The van der Waals surface area contributed by atoms with Gasteiger partial charge >= 0.3 is 5.97 Å². The topological polar surface area (TPSA) is 139 Å². The molecule has 1 rings (SSSR count). The van der Waals surface area contributed by atoms with Gasteiger partial charge in [-0.05, 0) is 39.7 Å². The van der Waals surface area contributed by atoms with Crippen LogP contribution >= 0.6 is 0 Å². The van der Waals surface area contributed by atoms with Gasteiger partial charge in [-0.15, -0.1) is 0 Å². The number of hydrogen-bond acceptors (Lipinski definition) is 6. The number of esters is 1. The molecule has 0 spiro atoms. The molecule has 0 fully saturated rings. The maximum Gasteiger partial charge on any atom is 0.311 e. The molecule has 0 bridgehead atoms. The number of rotatable bonds is 3. The number of carboxylic acid groups (broad SMARTS) is 2. The summed E-state index contributed by atoms with van der Waals surface area (Å²) in [6.45, 7) is 1.45. The zero-order valence-electron chi connectivity index (χ0n) is 14.1. The van der Waals surface area contributed by atoms with Gasteiger partial charge in [0.1, 0.15) is 5.75 Å². The first-order valence-corrected chi connectivity index (χ1v) is 6.41. The van der Waals surface area contributed by atoms with Crippen LogP contribution in [0.4, 0.5) is 0 Å². The summed E-state index contributed by atoms with van der Waals surface area (Å²) in [6.07, 6.45) is 1.31. The third-order valence-corrected chi connectivity index (χ3v) is 1.43. The molecule has 0 unspecified atom stereocenters. The second-order valence-electron chi connectivity index (χ2n) is 4.09. The monoisotopic (exact) mass is 332 g/mol. The maximum atomic E-state index is 11.0. The van der Waals surface area contributed by atoms with Crippen LogP contribution in [0.5, 0.6) is 5.75 Å². The average Bonchev–Trinajstić information content (AvgIpc) is 2.41.